The van der Waals surface area contributed by atoms with E-state index in [0.29, 0.717) is 30.2 Å². The van der Waals surface area contributed by atoms with Crippen LogP contribution in [0.25, 0.3) is 6.08 Å². The van der Waals surface area contributed by atoms with Crippen LogP contribution in [-0.4, -0.2) is 25.5 Å². The minimum absolute atomic E-state index is 0.0710. The Morgan fingerprint density at radius 3 is 2.32 bits per heavy atom. The van der Waals surface area contributed by atoms with E-state index in [-0.39, 0.29) is 5.70 Å². The maximum atomic E-state index is 12.8. The third-order valence-corrected chi connectivity index (χ3v) is 4.36. The number of rotatable bonds is 9. The van der Waals surface area contributed by atoms with Crippen LogP contribution in [-0.2, 0) is 11.3 Å². The highest BCUT2D eigenvalue weighted by molar-refractivity contribution is 6.05. The molecule has 1 heterocycles. The number of hydrogen-bond acceptors (Lipinski definition) is 5. The molecule has 2 N–H and O–H groups in total. The minimum atomic E-state index is -0.438. The van der Waals surface area contributed by atoms with Gasteiger partial charge in [0.15, 0.2) is 0 Å². The van der Waals surface area contributed by atoms with E-state index < -0.39 is 11.8 Å². The lowest BCUT2D eigenvalue weighted by molar-refractivity contribution is -0.117. The van der Waals surface area contributed by atoms with Gasteiger partial charge in [-0.05, 0) is 61.0 Å². The number of furan rings is 1. The fourth-order valence-corrected chi connectivity index (χ4v) is 2.76. The van der Waals surface area contributed by atoms with E-state index in [1.165, 1.54) is 12.3 Å². The molecule has 0 unspecified atom stereocenters. The van der Waals surface area contributed by atoms with Crippen molar-refractivity contribution in [3.63, 3.8) is 0 Å². The van der Waals surface area contributed by atoms with Gasteiger partial charge < -0.3 is 24.5 Å². The summed E-state index contributed by atoms with van der Waals surface area (Å²) >= 11 is 0. The molecule has 2 aromatic carbocycles. The zero-order valence-electron chi connectivity index (χ0n) is 17.4. The van der Waals surface area contributed by atoms with Crippen molar-refractivity contribution >= 4 is 17.9 Å². The van der Waals surface area contributed by atoms with E-state index in [0.717, 1.165) is 11.3 Å². The molecule has 7 heteroatoms. The number of nitrogens with one attached hydrogen (secondary N) is 2. The van der Waals surface area contributed by atoms with Crippen molar-refractivity contribution in [3.05, 3.63) is 89.5 Å². The Kier molecular flexibility index (Phi) is 7.48. The largest absolute Gasteiger partial charge is 0.497 e. The second kappa shape index (κ2) is 10.7. The molecular formula is C24H24N2O5. The summed E-state index contributed by atoms with van der Waals surface area (Å²) in [5.74, 6) is 0.990. The Balaban J connectivity index is 1.70. The molecule has 2 amide bonds. The molecule has 0 saturated carbocycles. The molecule has 0 aliphatic rings. The SMILES string of the molecule is CCOc1ccc(CNC(=O)/C(=C/c2ccco2)NC(=O)c2ccc(OC)cc2)cc1. The molecule has 0 spiro atoms. The van der Waals surface area contributed by atoms with Gasteiger partial charge in [-0.15, -0.1) is 0 Å². The van der Waals surface area contributed by atoms with E-state index in [4.69, 9.17) is 13.9 Å². The van der Waals surface area contributed by atoms with E-state index in [1.54, 1.807) is 43.5 Å². The van der Waals surface area contributed by atoms with Gasteiger partial charge in [-0.25, -0.2) is 0 Å². The van der Waals surface area contributed by atoms with Crippen LogP contribution < -0.4 is 20.1 Å². The summed E-state index contributed by atoms with van der Waals surface area (Å²) in [7, 11) is 1.55. The second-order valence-corrected chi connectivity index (χ2v) is 6.52. The lowest BCUT2D eigenvalue weighted by Gasteiger charge is -2.11. The summed E-state index contributed by atoms with van der Waals surface area (Å²) in [6.07, 6.45) is 2.97. The number of carbonyl (C=O) groups excluding carboxylic acids is 2. The Bertz CT molecular complexity index is 1020. The normalized spacial score (nSPS) is 11.0. The van der Waals surface area contributed by atoms with Crippen LogP contribution >= 0.6 is 0 Å². The molecule has 3 rings (SSSR count). The van der Waals surface area contributed by atoms with E-state index in [1.807, 2.05) is 31.2 Å². The molecule has 0 atom stereocenters. The van der Waals surface area contributed by atoms with Gasteiger partial charge in [0.25, 0.3) is 11.8 Å². The first-order chi connectivity index (χ1) is 15.1. The standard InChI is InChI=1S/C24H24N2O5/c1-3-30-20-10-6-17(7-11-20)16-25-24(28)22(15-21-5-4-14-31-21)26-23(27)18-8-12-19(29-2)13-9-18/h4-15H,3,16H2,1-2H3,(H,25,28)(H,26,27)/b22-15-. The maximum Gasteiger partial charge on any atom is 0.268 e. The van der Waals surface area contributed by atoms with Gasteiger partial charge in [-0.1, -0.05) is 12.1 Å². The minimum Gasteiger partial charge on any atom is -0.497 e. The monoisotopic (exact) mass is 420 g/mol. The Labute approximate surface area is 180 Å². The van der Waals surface area contributed by atoms with Crippen molar-refractivity contribution in [2.24, 2.45) is 0 Å². The summed E-state index contributed by atoms with van der Waals surface area (Å²) in [6.45, 7) is 2.80. The van der Waals surface area contributed by atoms with Crippen LogP contribution in [0.2, 0.25) is 0 Å². The summed E-state index contributed by atoms with van der Waals surface area (Å²) in [4.78, 5) is 25.4. The number of benzene rings is 2. The average molecular weight is 420 g/mol. The van der Waals surface area contributed by atoms with Crippen LogP contribution in [0, 0.1) is 0 Å². The molecule has 0 radical (unpaired) electrons. The van der Waals surface area contributed by atoms with Crippen molar-refractivity contribution in [1.82, 2.24) is 10.6 Å². The first kappa shape index (κ1) is 21.7. The van der Waals surface area contributed by atoms with E-state index >= 15 is 0 Å². The number of methoxy groups -OCH3 is 1. The van der Waals surface area contributed by atoms with E-state index in [9.17, 15) is 9.59 Å². The van der Waals surface area contributed by atoms with Crippen molar-refractivity contribution in [2.75, 3.05) is 13.7 Å². The van der Waals surface area contributed by atoms with Gasteiger partial charge >= 0.3 is 0 Å². The van der Waals surface area contributed by atoms with Crippen LogP contribution in [0.3, 0.4) is 0 Å². The molecule has 0 aliphatic heterocycles. The first-order valence-electron chi connectivity index (χ1n) is 9.79. The maximum absolute atomic E-state index is 12.8. The molecule has 31 heavy (non-hydrogen) atoms. The molecule has 0 fully saturated rings. The highest BCUT2D eigenvalue weighted by atomic mass is 16.5. The molecule has 3 aromatic rings. The predicted molar refractivity (Wildman–Crippen MR) is 117 cm³/mol. The first-order valence-corrected chi connectivity index (χ1v) is 9.79. The number of hydrogen-bond donors (Lipinski definition) is 2. The third kappa shape index (κ3) is 6.24. The predicted octanol–water partition coefficient (Wildman–Crippen LogP) is 3.77. The number of carbonyl (C=O) groups is 2. The van der Waals surface area contributed by atoms with Crippen molar-refractivity contribution in [3.8, 4) is 11.5 Å². The topological polar surface area (TPSA) is 89.8 Å². The molecule has 7 nitrogen and oxygen atoms in total. The van der Waals surface area contributed by atoms with Crippen LogP contribution in [0.5, 0.6) is 11.5 Å². The zero-order valence-corrected chi connectivity index (χ0v) is 17.4. The quantitative estimate of drug-likeness (QED) is 0.514. The fraction of sp³-hybridized carbons (Fsp3) is 0.167. The van der Waals surface area contributed by atoms with Crippen LogP contribution in [0.15, 0.2) is 77.0 Å². The van der Waals surface area contributed by atoms with Gasteiger partial charge in [0.1, 0.15) is 23.0 Å². The lowest BCUT2D eigenvalue weighted by Crippen LogP contribution is -2.34. The Morgan fingerprint density at radius 2 is 1.71 bits per heavy atom. The number of amides is 2. The summed E-state index contributed by atoms with van der Waals surface area (Å²) in [5, 5.41) is 5.47. The van der Waals surface area contributed by atoms with Gasteiger partial charge in [-0.2, -0.15) is 0 Å². The Morgan fingerprint density at radius 1 is 1.00 bits per heavy atom. The molecule has 1 aromatic heterocycles. The van der Waals surface area contributed by atoms with Crippen LogP contribution in [0.1, 0.15) is 28.6 Å². The van der Waals surface area contributed by atoms with Crippen molar-refractivity contribution in [1.29, 1.82) is 0 Å². The summed E-state index contributed by atoms with van der Waals surface area (Å²) in [5.41, 5.74) is 1.36. The van der Waals surface area contributed by atoms with Crippen LogP contribution in [0.4, 0.5) is 0 Å². The van der Waals surface area contributed by atoms with Crippen molar-refractivity contribution in [2.45, 2.75) is 13.5 Å². The number of ether oxygens (including phenoxy) is 2. The van der Waals surface area contributed by atoms with Gasteiger partial charge in [-0.3, -0.25) is 9.59 Å². The smallest absolute Gasteiger partial charge is 0.268 e. The highest BCUT2D eigenvalue weighted by Crippen LogP contribution is 2.14. The highest BCUT2D eigenvalue weighted by Gasteiger charge is 2.15. The van der Waals surface area contributed by atoms with E-state index in [2.05, 4.69) is 10.6 Å². The molecular weight excluding hydrogens is 396 g/mol. The molecule has 0 bridgehead atoms. The molecule has 0 aliphatic carbocycles. The molecule has 0 saturated heterocycles. The lowest BCUT2D eigenvalue weighted by atomic mass is 10.2. The van der Waals surface area contributed by atoms with Gasteiger partial charge in [0.2, 0.25) is 0 Å². The van der Waals surface area contributed by atoms with Gasteiger partial charge in [0.05, 0.1) is 20.0 Å². The fourth-order valence-electron chi connectivity index (χ4n) is 2.76. The Hall–Kier alpha value is -4.00. The summed E-state index contributed by atoms with van der Waals surface area (Å²) in [6, 6.07) is 17.4. The van der Waals surface area contributed by atoms with Crippen molar-refractivity contribution < 1.29 is 23.5 Å². The summed E-state index contributed by atoms with van der Waals surface area (Å²) < 4.78 is 15.8. The zero-order chi connectivity index (χ0) is 22.1. The second-order valence-electron chi connectivity index (χ2n) is 6.52. The third-order valence-electron chi connectivity index (χ3n) is 4.36. The molecule has 160 valence electrons. The van der Waals surface area contributed by atoms with Gasteiger partial charge in [0, 0.05) is 18.2 Å². The average Bonchev–Trinajstić information content (AvgIpc) is 3.31.